The molecule has 92 valence electrons. The van der Waals surface area contributed by atoms with Crippen molar-refractivity contribution in [2.75, 3.05) is 20.8 Å². The summed E-state index contributed by atoms with van der Waals surface area (Å²) in [6, 6.07) is 6.77. The molecule has 2 rings (SSSR count). The number of carbonyl (C=O) groups is 1. The number of likely N-dealkylation sites (N-methyl/N-ethyl adjacent to an activating group) is 1. The zero-order valence-electron chi connectivity index (χ0n) is 9.79. The maximum absolute atomic E-state index is 11.2. The highest BCUT2D eigenvalue weighted by atomic mass is 16.6. The Morgan fingerprint density at radius 2 is 2.12 bits per heavy atom. The number of ether oxygens (including phenoxy) is 2. The molecule has 0 radical (unpaired) electrons. The third-order valence-corrected chi connectivity index (χ3v) is 2.98. The summed E-state index contributed by atoms with van der Waals surface area (Å²) in [5.74, 6) is 0.730. The Balaban J connectivity index is 2.13. The van der Waals surface area contributed by atoms with Crippen molar-refractivity contribution < 1.29 is 19.4 Å². The molecule has 1 aliphatic rings. The SMILES string of the molecule is COc1ccc([C@@H](O)[C@H]2COC(=O)N2C)cc1. The Morgan fingerprint density at radius 3 is 2.59 bits per heavy atom. The van der Waals surface area contributed by atoms with E-state index in [4.69, 9.17) is 9.47 Å². The number of hydrogen-bond donors (Lipinski definition) is 1. The first-order valence-electron chi connectivity index (χ1n) is 5.35. The molecule has 1 aromatic rings. The van der Waals surface area contributed by atoms with Gasteiger partial charge in [-0.2, -0.15) is 0 Å². The summed E-state index contributed by atoms with van der Waals surface area (Å²) < 4.78 is 9.91. The van der Waals surface area contributed by atoms with Crippen molar-refractivity contribution in [3.63, 3.8) is 0 Å². The Morgan fingerprint density at radius 1 is 1.47 bits per heavy atom. The minimum atomic E-state index is -0.752. The number of methoxy groups -OCH3 is 1. The summed E-state index contributed by atoms with van der Waals surface area (Å²) in [7, 11) is 3.20. The lowest BCUT2D eigenvalue weighted by Crippen LogP contribution is -2.34. The van der Waals surface area contributed by atoms with Crippen molar-refractivity contribution in [3.05, 3.63) is 29.8 Å². The van der Waals surface area contributed by atoms with Gasteiger partial charge in [0.25, 0.3) is 0 Å². The molecule has 0 bridgehead atoms. The van der Waals surface area contributed by atoms with Gasteiger partial charge < -0.3 is 19.5 Å². The number of aliphatic hydroxyl groups excluding tert-OH is 1. The van der Waals surface area contributed by atoms with Crippen LogP contribution in [0.15, 0.2) is 24.3 Å². The van der Waals surface area contributed by atoms with Gasteiger partial charge in [-0.05, 0) is 17.7 Å². The summed E-state index contributed by atoms with van der Waals surface area (Å²) >= 11 is 0. The molecular formula is C12H15NO4. The van der Waals surface area contributed by atoms with Crippen LogP contribution in [-0.2, 0) is 4.74 Å². The highest BCUT2D eigenvalue weighted by Crippen LogP contribution is 2.26. The van der Waals surface area contributed by atoms with Crippen LogP contribution in [0.25, 0.3) is 0 Å². The zero-order chi connectivity index (χ0) is 12.4. The van der Waals surface area contributed by atoms with E-state index >= 15 is 0 Å². The number of aliphatic hydroxyl groups is 1. The van der Waals surface area contributed by atoms with Crippen LogP contribution in [0, 0.1) is 0 Å². The molecule has 0 spiro atoms. The van der Waals surface area contributed by atoms with Gasteiger partial charge in [-0.25, -0.2) is 4.79 Å². The summed E-state index contributed by atoms with van der Waals surface area (Å²) in [6.07, 6.45) is -1.15. The van der Waals surface area contributed by atoms with Gasteiger partial charge in [0.1, 0.15) is 18.5 Å². The molecule has 1 amide bonds. The molecule has 1 saturated heterocycles. The average molecular weight is 237 g/mol. The summed E-state index contributed by atoms with van der Waals surface area (Å²) in [4.78, 5) is 12.6. The monoisotopic (exact) mass is 237 g/mol. The van der Waals surface area contributed by atoms with Crippen molar-refractivity contribution in [1.29, 1.82) is 0 Å². The molecular weight excluding hydrogens is 222 g/mol. The predicted molar refractivity (Wildman–Crippen MR) is 60.9 cm³/mol. The normalized spacial score (nSPS) is 21.2. The Hall–Kier alpha value is -1.75. The maximum atomic E-state index is 11.2. The van der Waals surface area contributed by atoms with Gasteiger partial charge in [0.05, 0.1) is 13.2 Å². The lowest BCUT2D eigenvalue weighted by molar-refractivity contribution is 0.0953. The first-order chi connectivity index (χ1) is 8.13. The zero-order valence-corrected chi connectivity index (χ0v) is 9.79. The highest BCUT2D eigenvalue weighted by molar-refractivity contribution is 5.69. The standard InChI is InChI=1S/C12H15NO4/c1-13-10(7-17-12(13)15)11(14)8-3-5-9(16-2)6-4-8/h3-6,10-11,14H,7H2,1-2H3/t10-,11-/m1/s1. The molecule has 1 N–H and O–H groups in total. The van der Waals surface area contributed by atoms with Crippen molar-refractivity contribution in [2.24, 2.45) is 0 Å². The molecule has 17 heavy (non-hydrogen) atoms. The van der Waals surface area contributed by atoms with Crippen molar-refractivity contribution in [2.45, 2.75) is 12.1 Å². The molecule has 0 aliphatic carbocycles. The number of rotatable bonds is 3. The lowest BCUT2D eigenvalue weighted by atomic mass is 10.0. The van der Waals surface area contributed by atoms with Gasteiger partial charge >= 0.3 is 6.09 Å². The van der Waals surface area contributed by atoms with Gasteiger partial charge in [0.2, 0.25) is 0 Å². The van der Waals surface area contributed by atoms with Gasteiger partial charge in [-0.1, -0.05) is 12.1 Å². The van der Waals surface area contributed by atoms with Crippen molar-refractivity contribution >= 4 is 6.09 Å². The molecule has 5 heteroatoms. The fourth-order valence-corrected chi connectivity index (χ4v) is 1.83. The molecule has 1 heterocycles. The van der Waals surface area contributed by atoms with E-state index in [0.29, 0.717) is 0 Å². The summed E-state index contributed by atoms with van der Waals surface area (Å²) in [5.41, 5.74) is 0.737. The maximum Gasteiger partial charge on any atom is 0.410 e. The number of amides is 1. The minimum absolute atomic E-state index is 0.211. The topological polar surface area (TPSA) is 59.0 Å². The number of nitrogens with zero attached hydrogens (tertiary/aromatic N) is 1. The van der Waals surface area contributed by atoms with Gasteiger partial charge in [0.15, 0.2) is 0 Å². The van der Waals surface area contributed by atoms with Crippen LogP contribution in [0.5, 0.6) is 5.75 Å². The van der Waals surface area contributed by atoms with Gasteiger partial charge in [0, 0.05) is 7.05 Å². The number of carbonyl (C=O) groups excluding carboxylic acids is 1. The molecule has 0 aromatic heterocycles. The molecule has 0 unspecified atom stereocenters. The van der Waals surface area contributed by atoms with E-state index in [9.17, 15) is 9.90 Å². The predicted octanol–water partition coefficient (Wildman–Crippen LogP) is 1.18. The quantitative estimate of drug-likeness (QED) is 0.857. The highest BCUT2D eigenvalue weighted by Gasteiger charge is 2.35. The van der Waals surface area contributed by atoms with E-state index in [1.807, 2.05) is 0 Å². The van der Waals surface area contributed by atoms with Gasteiger partial charge in [-0.15, -0.1) is 0 Å². The van der Waals surface area contributed by atoms with E-state index in [1.54, 1.807) is 38.4 Å². The smallest absolute Gasteiger partial charge is 0.410 e. The first kappa shape index (κ1) is 11.7. The van der Waals surface area contributed by atoms with Crippen LogP contribution in [0.3, 0.4) is 0 Å². The molecule has 1 aliphatic heterocycles. The third kappa shape index (κ3) is 2.19. The lowest BCUT2D eigenvalue weighted by Gasteiger charge is -2.22. The van der Waals surface area contributed by atoms with Gasteiger partial charge in [-0.3, -0.25) is 0 Å². The van der Waals surface area contributed by atoms with Crippen LogP contribution in [0.4, 0.5) is 4.79 Å². The molecule has 0 saturated carbocycles. The van der Waals surface area contributed by atoms with Crippen LogP contribution < -0.4 is 4.74 Å². The fraction of sp³-hybridized carbons (Fsp3) is 0.417. The average Bonchev–Trinajstić information content (AvgIpc) is 2.69. The number of cyclic esters (lactones) is 1. The second kappa shape index (κ2) is 4.63. The molecule has 5 nitrogen and oxygen atoms in total. The van der Waals surface area contributed by atoms with Crippen molar-refractivity contribution in [1.82, 2.24) is 4.90 Å². The molecule has 1 aromatic carbocycles. The Kier molecular flexibility index (Phi) is 3.19. The minimum Gasteiger partial charge on any atom is -0.497 e. The number of benzene rings is 1. The van der Waals surface area contributed by atoms with Crippen LogP contribution in [0.2, 0.25) is 0 Å². The van der Waals surface area contributed by atoms with E-state index in [1.165, 1.54) is 4.90 Å². The molecule has 2 atom stereocenters. The molecule has 1 fully saturated rings. The second-order valence-corrected chi connectivity index (χ2v) is 3.97. The first-order valence-corrected chi connectivity index (χ1v) is 5.35. The van der Waals surface area contributed by atoms with Crippen LogP contribution >= 0.6 is 0 Å². The fourth-order valence-electron chi connectivity index (χ4n) is 1.83. The van der Waals surface area contributed by atoms with E-state index in [2.05, 4.69) is 0 Å². The van der Waals surface area contributed by atoms with E-state index < -0.39 is 12.2 Å². The number of hydrogen-bond acceptors (Lipinski definition) is 4. The largest absolute Gasteiger partial charge is 0.497 e. The Labute approximate surface area is 99.6 Å². The Bertz CT molecular complexity index is 403. The van der Waals surface area contributed by atoms with E-state index in [-0.39, 0.29) is 12.6 Å². The van der Waals surface area contributed by atoms with Crippen molar-refractivity contribution in [3.8, 4) is 5.75 Å². The third-order valence-electron chi connectivity index (χ3n) is 2.98. The second-order valence-electron chi connectivity index (χ2n) is 3.97. The van der Waals surface area contributed by atoms with E-state index in [0.717, 1.165) is 11.3 Å². The van der Waals surface area contributed by atoms with Crippen LogP contribution in [-0.4, -0.2) is 42.9 Å². The van der Waals surface area contributed by atoms with Crippen LogP contribution in [0.1, 0.15) is 11.7 Å². The summed E-state index contributed by atoms with van der Waals surface area (Å²) in [6.45, 7) is 0.211. The summed E-state index contributed by atoms with van der Waals surface area (Å²) in [5, 5.41) is 10.2.